The molecular weight excluding hydrogens is 258 g/mol. The zero-order chi connectivity index (χ0) is 14.5. The molecule has 0 atom stereocenters. The van der Waals surface area contributed by atoms with Crippen LogP contribution in [0.3, 0.4) is 0 Å². The number of hydrogen-bond acceptors (Lipinski definition) is 4. The molecule has 0 saturated heterocycles. The molecule has 0 saturated carbocycles. The van der Waals surface area contributed by atoms with Gasteiger partial charge in [0.1, 0.15) is 5.56 Å². The third-order valence-electron chi connectivity index (χ3n) is 2.78. The number of methoxy groups -OCH3 is 1. The fourth-order valence-corrected chi connectivity index (χ4v) is 1.76. The monoisotopic (exact) mass is 273 g/mol. The van der Waals surface area contributed by atoms with Crippen LogP contribution in [0.2, 0.25) is 0 Å². The van der Waals surface area contributed by atoms with Crippen LogP contribution in [0.4, 0.5) is 0 Å². The van der Waals surface area contributed by atoms with Crippen LogP contribution < -0.4 is 15.6 Å². The fraction of sp³-hybridized carbons (Fsp3) is 0.214. The van der Waals surface area contributed by atoms with E-state index in [1.165, 1.54) is 13.2 Å². The lowest BCUT2D eigenvalue weighted by molar-refractivity contribution is 0.0949. The number of aromatic amines is 1. The summed E-state index contributed by atoms with van der Waals surface area (Å²) in [5, 5.41) is 2.67. The van der Waals surface area contributed by atoms with Gasteiger partial charge in [0, 0.05) is 24.0 Å². The lowest BCUT2D eigenvalue weighted by Crippen LogP contribution is -2.29. The van der Waals surface area contributed by atoms with E-state index in [-0.39, 0.29) is 12.1 Å². The molecule has 0 bridgehead atoms. The van der Waals surface area contributed by atoms with Crippen LogP contribution in [-0.2, 0) is 6.54 Å². The van der Waals surface area contributed by atoms with Crippen molar-refractivity contribution in [3.8, 4) is 5.88 Å². The van der Waals surface area contributed by atoms with Crippen molar-refractivity contribution in [1.29, 1.82) is 0 Å². The second-order valence-corrected chi connectivity index (χ2v) is 4.24. The van der Waals surface area contributed by atoms with Gasteiger partial charge in [-0.05, 0) is 25.1 Å². The highest BCUT2D eigenvalue weighted by molar-refractivity contribution is 5.93. The Morgan fingerprint density at radius 3 is 2.90 bits per heavy atom. The van der Waals surface area contributed by atoms with E-state index >= 15 is 0 Å². The van der Waals surface area contributed by atoms with Crippen molar-refractivity contribution in [2.24, 2.45) is 0 Å². The minimum absolute atomic E-state index is 0.0819. The van der Waals surface area contributed by atoms with Crippen LogP contribution >= 0.6 is 0 Å². The number of rotatable bonds is 4. The van der Waals surface area contributed by atoms with E-state index in [0.29, 0.717) is 11.6 Å². The number of hydrogen-bond donors (Lipinski definition) is 2. The summed E-state index contributed by atoms with van der Waals surface area (Å²) in [4.78, 5) is 30.2. The van der Waals surface area contributed by atoms with E-state index in [1.807, 2.05) is 0 Å². The molecule has 2 rings (SSSR count). The Bertz CT molecular complexity index is 679. The molecule has 20 heavy (non-hydrogen) atoms. The number of amides is 1. The number of nitrogens with zero attached hydrogens (tertiary/aromatic N) is 1. The summed E-state index contributed by atoms with van der Waals surface area (Å²) < 4.78 is 5.09. The molecule has 0 fully saturated rings. The van der Waals surface area contributed by atoms with Gasteiger partial charge in [-0.3, -0.25) is 9.59 Å². The summed E-state index contributed by atoms with van der Waals surface area (Å²) in [7, 11) is 1.51. The maximum atomic E-state index is 12.0. The lowest BCUT2D eigenvalue weighted by atomic mass is 10.2. The fourth-order valence-electron chi connectivity index (χ4n) is 1.76. The number of pyridine rings is 2. The summed E-state index contributed by atoms with van der Waals surface area (Å²) >= 11 is 0. The van der Waals surface area contributed by atoms with Crippen LogP contribution in [0.15, 0.2) is 35.3 Å². The second kappa shape index (κ2) is 6.01. The normalized spacial score (nSPS) is 10.1. The molecular formula is C14H15N3O3. The van der Waals surface area contributed by atoms with Gasteiger partial charge in [-0.25, -0.2) is 4.98 Å². The molecule has 2 aromatic rings. The van der Waals surface area contributed by atoms with E-state index in [0.717, 1.165) is 5.56 Å². The second-order valence-electron chi connectivity index (χ2n) is 4.24. The Morgan fingerprint density at radius 2 is 2.20 bits per heavy atom. The first-order valence-electron chi connectivity index (χ1n) is 6.08. The smallest absolute Gasteiger partial charge is 0.260 e. The molecule has 0 aliphatic heterocycles. The maximum absolute atomic E-state index is 12.0. The van der Waals surface area contributed by atoms with Crippen molar-refractivity contribution >= 4 is 5.91 Å². The van der Waals surface area contributed by atoms with E-state index in [4.69, 9.17) is 4.74 Å². The lowest BCUT2D eigenvalue weighted by Gasteiger charge is -2.08. The van der Waals surface area contributed by atoms with Crippen LogP contribution in [0.5, 0.6) is 5.88 Å². The van der Waals surface area contributed by atoms with Crippen molar-refractivity contribution in [2.45, 2.75) is 13.5 Å². The molecule has 0 spiro atoms. The standard InChI is InChI=1S/C14H15N3O3/c1-9-5-6-11(13(19)17-9)12(18)16-8-10-4-3-7-15-14(10)20-2/h3-7H,8H2,1-2H3,(H,16,18)(H,17,19). The van der Waals surface area contributed by atoms with Crippen molar-refractivity contribution in [3.63, 3.8) is 0 Å². The number of carbonyl (C=O) groups excluding carboxylic acids is 1. The number of carbonyl (C=O) groups is 1. The first-order valence-corrected chi connectivity index (χ1v) is 6.08. The van der Waals surface area contributed by atoms with Gasteiger partial charge in [-0.15, -0.1) is 0 Å². The molecule has 104 valence electrons. The van der Waals surface area contributed by atoms with Crippen molar-refractivity contribution in [2.75, 3.05) is 7.11 Å². The van der Waals surface area contributed by atoms with Crippen LogP contribution in [-0.4, -0.2) is 23.0 Å². The highest BCUT2D eigenvalue weighted by Gasteiger charge is 2.11. The summed E-state index contributed by atoms with van der Waals surface area (Å²) in [6.07, 6.45) is 1.61. The van der Waals surface area contributed by atoms with E-state index < -0.39 is 11.5 Å². The van der Waals surface area contributed by atoms with Crippen LogP contribution in [0, 0.1) is 6.92 Å². The zero-order valence-corrected chi connectivity index (χ0v) is 11.3. The maximum Gasteiger partial charge on any atom is 0.260 e. The third kappa shape index (κ3) is 3.03. The first kappa shape index (κ1) is 13.8. The molecule has 2 heterocycles. The van der Waals surface area contributed by atoms with Crippen LogP contribution in [0.1, 0.15) is 21.6 Å². The van der Waals surface area contributed by atoms with Gasteiger partial charge in [0.15, 0.2) is 0 Å². The number of ether oxygens (including phenoxy) is 1. The van der Waals surface area contributed by atoms with E-state index in [2.05, 4.69) is 15.3 Å². The molecule has 2 N–H and O–H groups in total. The Labute approximate surface area is 115 Å². The van der Waals surface area contributed by atoms with Gasteiger partial charge in [-0.2, -0.15) is 0 Å². The zero-order valence-electron chi connectivity index (χ0n) is 11.3. The molecule has 6 nitrogen and oxygen atoms in total. The minimum atomic E-state index is -0.433. The molecule has 0 aliphatic carbocycles. The minimum Gasteiger partial charge on any atom is -0.481 e. The Hall–Kier alpha value is -2.63. The Kier molecular flexibility index (Phi) is 4.14. The Balaban J connectivity index is 2.11. The average Bonchev–Trinajstić information content (AvgIpc) is 2.45. The molecule has 1 amide bonds. The predicted molar refractivity (Wildman–Crippen MR) is 73.8 cm³/mol. The predicted octanol–water partition coefficient (Wildman–Crippen LogP) is 1.02. The van der Waals surface area contributed by atoms with E-state index in [1.54, 1.807) is 31.3 Å². The molecule has 6 heteroatoms. The SMILES string of the molecule is COc1ncccc1CNC(=O)c1ccc(C)[nH]c1=O. The molecule has 0 unspecified atom stereocenters. The third-order valence-corrected chi connectivity index (χ3v) is 2.78. The summed E-state index contributed by atoms with van der Waals surface area (Å²) in [5.41, 5.74) is 1.13. The van der Waals surface area contributed by atoms with Gasteiger partial charge < -0.3 is 15.0 Å². The molecule has 0 radical (unpaired) electrons. The number of H-pyrrole nitrogens is 1. The van der Waals surface area contributed by atoms with Gasteiger partial charge in [0.05, 0.1) is 7.11 Å². The quantitative estimate of drug-likeness (QED) is 0.871. The molecule has 2 aromatic heterocycles. The summed E-state index contributed by atoms with van der Waals surface area (Å²) in [6, 6.07) is 6.74. The highest BCUT2D eigenvalue weighted by Crippen LogP contribution is 2.12. The Morgan fingerprint density at radius 1 is 1.40 bits per heavy atom. The topological polar surface area (TPSA) is 84.1 Å². The number of aryl methyl sites for hydroxylation is 1. The molecule has 0 aliphatic rings. The summed E-state index contributed by atoms with van der Waals surface area (Å²) in [5.74, 6) is 0.0165. The van der Waals surface area contributed by atoms with Crippen molar-refractivity contribution < 1.29 is 9.53 Å². The number of nitrogens with one attached hydrogen (secondary N) is 2. The van der Waals surface area contributed by atoms with E-state index in [9.17, 15) is 9.59 Å². The summed E-state index contributed by atoms with van der Waals surface area (Å²) in [6.45, 7) is 1.99. The number of aromatic nitrogens is 2. The highest BCUT2D eigenvalue weighted by atomic mass is 16.5. The largest absolute Gasteiger partial charge is 0.481 e. The first-order chi connectivity index (χ1) is 9.61. The van der Waals surface area contributed by atoms with Gasteiger partial charge in [0.2, 0.25) is 5.88 Å². The van der Waals surface area contributed by atoms with Gasteiger partial charge in [0.25, 0.3) is 11.5 Å². The van der Waals surface area contributed by atoms with Crippen LogP contribution in [0.25, 0.3) is 0 Å². The van der Waals surface area contributed by atoms with Gasteiger partial charge >= 0.3 is 0 Å². The van der Waals surface area contributed by atoms with Crippen molar-refractivity contribution in [1.82, 2.24) is 15.3 Å². The van der Waals surface area contributed by atoms with Crippen molar-refractivity contribution in [3.05, 3.63) is 57.6 Å². The average molecular weight is 273 g/mol. The molecule has 0 aromatic carbocycles. The van der Waals surface area contributed by atoms with Gasteiger partial charge in [-0.1, -0.05) is 6.07 Å².